The van der Waals surface area contributed by atoms with Crippen molar-refractivity contribution in [3.05, 3.63) is 42.0 Å². The van der Waals surface area contributed by atoms with E-state index in [0.29, 0.717) is 39.4 Å². The third kappa shape index (κ3) is 2.16. The molecule has 0 aliphatic heterocycles. The number of rotatable bonds is 4. The molecule has 1 N–H and O–H groups in total. The van der Waals surface area contributed by atoms with Crippen LogP contribution in [0.1, 0.15) is 10.4 Å². The van der Waals surface area contributed by atoms with Crippen LogP contribution in [-0.4, -0.2) is 25.6 Å². The summed E-state index contributed by atoms with van der Waals surface area (Å²) < 4.78 is 16.0. The molecular weight excluding hydrogens is 284 g/mol. The minimum absolute atomic E-state index is 0.0199. The molecule has 0 spiro atoms. The van der Waals surface area contributed by atoms with Crippen LogP contribution in [0.2, 0.25) is 0 Å². The lowest BCUT2D eigenvalue weighted by Crippen LogP contribution is -1.86. The van der Waals surface area contributed by atoms with Crippen LogP contribution in [0.15, 0.2) is 40.8 Å². The molecule has 0 aliphatic rings. The van der Waals surface area contributed by atoms with Crippen molar-refractivity contribution in [2.45, 2.75) is 0 Å². The molecule has 0 saturated carbocycles. The Bertz CT molecular complexity index is 848. The van der Waals surface area contributed by atoms with Gasteiger partial charge in [0.1, 0.15) is 28.6 Å². The van der Waals surface area contributed by atoms with E-state index in [4.69, 9.17) is 13.9 Å². The summed E-state index contributed by atoms with van der Waals surface area (Å²) in [6, 6.07) is 10.0. The van der Waals surface area contributed by atoms with Gasteiger partial charge in [-0.05, 0) is 24.3 Å². The van der Waals surface area contributed by atoms with Crippen LogP contribution in [0.25, 0.3) is 22.3 Å². The van der Waals surface area contributed by atoms with Gasteiger partial charge in [0, 0.05) is 17.5 Å². The molecule has 3 rings (SSSR count). The smallest absolute Gasteiger partial charge is 0.154 e. The molecule has 0 amide bonds. The summed E-state index contributed by atoms with van der Waals surface area (Å²) in [5.74, 6) is 1.45. The Kier molecular flexibility index (Phi) is 3.47. The van der Waals surface area contributed by atoms with Crippen LogP contribution in [0.5, 0.6) is 17.2 Å². The molecule has 3 aromatic rings. The predicted molar refractivity (Wildman–Crippen MR) is 81.8 cm³/mol. The molecule has 5 nitrogen and oxygen atoms in total. The Morgan fingerprint density at radius 2 is 1.73 bits per heavy atom. The van der Waals surface area contributed by atoms with E-state index in [1.165, 1.54) is 13.2 Å². The number of carbonyl (C=O) groups excluding carboxylic acids is 1. The summed E-state index contributed by atoms with van der Waals surface area (Å²) in [5.41, 5.74) is 1.34. The van der Waals surface area contributed by atoms with E-state index in [1.807, 2.05) is 0 Å². The van der Waals surface area contributed by atoms with E-state index < -0.39 is 0 Å². The summed E-state index contributed by atoms with van der Waals surface area (Å²) >= 11 is 0. The van der Waals surface area contributed by atoms with Gasteiger partial charge in [-0.15, -0.1) is 0 Å². The fourth-order valence-electron chi connectivity index (χ4n) is 2.37. The fourth-order valence-corrected chi connectivity index (χ4v) is 2.37. The van der Waals surface area contributed by atoms with Gasteiger partial charge in [-0.25, -0.2) is 0 Å². The summed E-state index contributed by atoms with van der Waals surface area (Å²) in [6.07, 6.45) is 0.720. The number of methoxy groups -OCH3 is 2. The first-order valence-electron chi connectivity index (χ1n) is 6.61. The lowest BCUT2D eigenvalue weighted by Gasteiger charge is -2.05. The molecule has 0 bridgehead atoms. The van der Waals surface area contributed by atoms with Crippen LogP contribution < -0.4 is 9.47 Å². The Hall–Kier alpha value is -2.95. The van der Waals surface area contributed by atoms with E-state index in [2.05, 4.69) is 0 Å². The fraction of sp³-hybridized carbons (Fsp3) is 0.118. The number of fused-ring (bicyclic) bond motifs is 1. The first kappa shape index (κ1) is 14.0. The van der Waals surface area contributed by atoms with Crippen molar-refractivity contribution in [1.29, 1.82) is 0 Å². The van der Waals surface area contributed by atoms with Crippen molar-refractivity contribution in [1.82, 2.24) is 0 Å². The quantitative estimate of drug-likeness (QED) is 0.745. The van der Waals surface area contributed by atoms with Gasteiger partial charge in [-0.2, -0.15) is 0 Å². The second-order valence-corrected chi connectivity index (χ2v) is 4.71. The van der Waals surface area contributed by atoms with Gasteiger partial charge in [0.15, 0.2) is 6.29 Å². The third-order valence-corrected chi connectivity index (χ3v) is 3.50. The number of phenolic OH excluding ortho intramolecular Hbond substituents is 1. The number of hydrogen-bond acceptors (Lipinski definition) is 5. The second kappa shape index (κ2) is 5.44. The van der Waals surface area contributed by atoms with Gasteiger partial charge in [0.25, 0.3) is 0 Å². The van der Waals surface area contributed by atoms with E-state index in [1.54, 1.807) is 37.4 Å². The monoisotopic (exact) mass is 298 g/mol. The van der Waals surface area contributed by atoms with E-state index >= 15 is 0 Å². The van der Waals surface area contributed by atoms with Crippen LogP contribution in [-0.2, 0) is 0 Å². The molecule has 22 heavy (non-hydrogen) atoms. The Labute approximate surface area is 126 Å². The first-order valence-corrected chi connectivity index (χ1v) is 6.61. The number of aldehydes is 1. The van der Waals surface area contributed by atoms with Crippen molar-refractivity contribution in [2.75, 3.05) is 14.2 Å². The maximum absolute atomic E-state index is 11.5. The number of ether oxygens (including phenoxy) is 2. The minimum Gasteiger partial charge on any atom is -0.507 e. The molecule has 1 heterocycles. The normalized spacial score (nSPS) is 10.6. The minimum atomic E-state index is -0.0199. The number of benzene rings is 2. The topological polar surface area (TPSA) is 68.9 Å². The molecule has 0 aliphatic carbocycles. The molecule has 112 valence electrons. The highest BCUT2D eigenvalue weighted by molar-refractivity contribution is 6.03. The molecule has 0 atom stereocenters. The van der Waals surface area contributed by atoms with Gasteiger partial charge >= 0.3 is 0 Å². The molecule has 0 radical (unpaired) electrons. The lowest BCUT2D eigenvalue weighted by atomic mass is 10.1. The van der Waals surface area contributed by atoms with Crippen molar-refractivity contribution in [3.63, 3.8) is 0 Å². The molecule has 5 heteroatoms. The standard InChI is InChI=1S/C17H14O5/c1-20-10-4-6-13(15(19)7-10)17-14(9-18)12-5-3-11(21-2)8-16(12)22-17/h3-9,19H,1-2H3. The van der Waals surface area contributed by atoms with Crippen molar-refractivity contribution >= 4 is 17.3 Å². The molecule has 0 fully saturated rings. The van der Waals surface area contributed by atoms with Crippen molar-refractivity contribution < 1.29 is 23.8 Å². The second-order valence-electron chi connectivity index (χ2n) is 4.71. The highest BCUT2D eigenvalue weighted by Gasteiger charge is 2.19. The number of phenols is 1. The Morgan fingerprint density at radius 1 is 1.05 bits per heavy atom. The highest BCUT2D eigenvalue weighted by Crippen LogP contribution is 2.39. The van der Waals surface area contributed by atoms with Gasteiger partial charge in [-0.1, -0.05) is 0 Å². The van der Waals surface area contributed by atoms with Crippen molar-refractivity contribution in [2.24, 2.45) is 0 Å². The highest BCUT2D eigenvalue weighted by atomic mass is 16.5. The predicted octanol–water partition coefficient (Wildman–Crippen LogP) is 3.64. The van der Waals surface area contributed by atoms with Crippen LogP contribution >= 0.6 is 0 Å². The summed E-state index contributed by atoms with van der Waals surface area (Å²) in [6.45, 7) is 0. The number of carbonyl (C=O) groups is 1. The largest absolute Gasteiger partial charge is 0.507 e. The zero-order chi connectivity index (χ0) is 15.7. The number of hydrogen-bond donors (Lipinski definition) is 1. The Balaban J connectivity index is 2.24. The van der Waals surface area contributed by atoms with Crippen LogP contribution in [0.3, 0.4) is 0 Å². The Morgan fingerprint density at radius 3 is 2.36 bits per heavy atom. The van der Waals surface area contributed by atoms with E-state index in [-0.39, 0.29) is 5.75 Å². The first-order chi connectivity index (χ1) is 10.7. The maximum atomic E-state index is 11.5. The average Bonchev–Trinajstić information content (AvgIpc) is 2.91. The number of aromatic hydroxyl groups is 1. The molecule has 0 unspecified atom stereocenters. The zero-order valence-corrected chi connectivity index (χ0v) is 12.1. The summed E-state index contributed by atoms with van der Waals surface area (Å²) in [4.78, 5) is 11.5. The van der Waals surface area contributed by atoms with Crippen molar-refractivity contribution in [3.8, 4) is 28.6 Å². The maximum Gasteiger partial charge on any atom is 0.154 e. The summed E-state index contributed by atoms with van der Waals surface area (Å²) in [7, 11) is 3.07. The van der Waals surface area contributed by atoms with Gasteiger partial charge in [0.2, 0.25) is 0 Å². The van der Waals surface area contributed by atoms with E-state index in [0.717, 1.165) is 6.29 Å². The summed E-state index contributed by atoms with van der Waals surface area (Å²) in [5, 5.41) is 10.8. The van der Waals surface area contributed by atoms with Gasteiger partial charge in [0.05, 0.1) is 25.3 Å². The average molecular weight is 298 g/mol. The molecule has 0 saturated heterocycles. The lowest BCUT2D eigenvalue weighted by molar-refractivity contribution is 0.112. The van der Waals surface area contributed by atoms with Crippen LogP contribution in [0.4, 0.5) is 0 Å². The van der Waals surface area contributed by atoms with Crippen LogP contribution in [0, 0.1) is 0 Å². The zero-order valence-electron chi connectivity index (χ0n) is 12.1. The third-order valence-electron chi connectivity index (χ3n) is 3.50. The van der Waals surface area contributed by atoms with Gasteiger partial charge in [-0.3, -0.25) is 4.79 Å². The van der Waals surface area contributed by atoms with E-state index in [9.17, 15) is 9.90 Å². The van der Waals surface area contributed by atoms with Gasteiger partial charge < -0.3 is 19.0 Å². The molecule has 2 aromatic carbocycles. The number of furan rings is 1. The SMILES string of the molecule is COc1ccc(-c2oc3cc(OC)ccc3c2C=O)c(O)c1. The molecule has 1 aromatic heterocycles. The molecular formula is C17H14O5.